The smallest absolute Gasteiger partial charge is 0.167 e. The fourth-order valence-electron chi connectivity index (χ4n) is 4.90. The van der Waals surface area contributed by atoms with E-state index < -0.39 is 0 Å². The number of aliphatic hydroxyl groups excluding tert-OH is 1. The second-order valence-electron chi connectivity index (χ2n) is 8.66. The molecule has 166 valence electrons. The SMILES string of the molecule is CCc1nccn1[C@H](CN)c1cc(-c2ccc(C#C[C@@H]3[C@H]4CN(CCO)C[C@@H]34)cc2)on1. The van der Waals surface area contributed by atoms with Gasteiger partial charge in [-0.15, -0.1) is 0 Å². The number of aryl methyl sites for hydroxylation is 1. The standard InChI is InChI=1S/C25H29N5O2/c1-2-25-27-9-10-30(25)23(14-26)22-13-24(32-28-22)18-6-3-17(4-7-18)5-8-19-20-15-29(11-12-31)16-21(19)20/h3-4,6-7,9-10,13,19-21,23,31H,2,11-12,14-16,26H2,1H3/t19-,20-,21+,23-/m1/s1. The van der Waals surface area contributed by atoms with E-state index in [0.717, 1.165) is 54.5 Å². The van der Waals surface area contributed by atoms with Crippen LogP contribution in [0.1, 0.15) is 30.0 Å². The minimum atomic E-state index is -0.0959. The zero-order valence-electron chi connectivity index (χ0n) is 18.3. The molecule has 0 radical (unpaired) electrons. The number of likely N-dealkylation sites (tertiary alicyclic amines) is 1. The maximum Gasteiger partial charge on any atom is 0.167 e. The van der Waals surface area contributed by atoms with E-state index >= 15 is 0 Å². The van der Waals surface area contributed by atoms with Crippen molar-refractivity contribution in [3.8, 4) is 23.2 Å². The highest BCUT2D eigenvalue weighted by atomic mass is 16.5. The first-order valence-corrected chi connectivity index (χ1v) is 11.4. The molecule has 1 aliphatic carbocycles. The number of aliphatic hydroxyl groups is 1. The van der Waals surface area contributed by atoms with Crippen LogP contribution >= 0.6 is 0 Å². The van der Waals surface area contributed by atoms with Crippen LogP contribution < -0.4 is 5.73 Å². The minimum Gasteiger partial charge on any atom is -0.395 e. The molecule has 0 spiro atoms. The Hall–Kier alpha value is -2.92. The van der Waals surface area contributed by atoms with E-state index in [1.165, 1.54) is 0 Å². The van der Waals surface area contributed by atoms with Crippen molar-refractivity contribution >= 4 is 0 Å². The summed E-state index contributed by atoms with van der Waals surface area (Å²) in [6.45, 7) is 5.66. The molecule has 1 saturated carbocycles. The monoisotopic (exact) mass is 431 g/mol. The normalized spacial score (nSPS) is 22.9. The highest BCUT2D eigenvalue weighted by Gasteiger charge is 2.54. The third kappa shape index (κ3) is 3.97. The topological polar surface area (TPSA) is 93.3 Å². The van der Waals surface area contributed by atoms with Gasteiger partial charge in [-0.2, -0.15) is 0 Å². The highest BCUT2D eigenvalue weighted by Crippen LogP contribution is 2.51. The summed E-state index contributed by atoms with van der Waals surface area (Å²) in [7, 11) is 0. The van der Waals surface area contributed by atoms with Gasteiger partial charge in [0.1, 0.15) is 11.5 Å². The number of nitrogens with two attached hydrogens (primary N) is 1. The third-order valence-corrected chi connectivity index (χ3v) is 6.73. The number of imidazole rings is 1. The Morgan fingerprint density at radius 3 is 2.72 bits per heavy atom. The summed E-state index contributed by atoms with van der Waals surface area (Å²) in [5.74, 6) is 10.4. The Morgan fingerprint density at radius 1 is 1.25 bits per heavy atom. The quantitative estimate of drug-likeness (QED) is 0.557. The maximum atomic E-state index is 9.07. The lowest BCUT2D eigenvalue weighted by Gasteiger charge is -2.16. The Morgan fingerprint density at radius 2 is 2.03 bits per heavy atom. The third-order valence-electron chi connectivity index (χ3n) is 6.73. The first-order valence-electron chi connectivity index (χ1n) is 11.4. The summed E-state index contributed by atoms with van der Waals surface area (Å²) < 4.78 is 7.70. The number of nitrogens with zero attached hydrogens (tertiary/aromatic N) is 4. The Kier molecular flexibility index (Phi) is 5.83. The van der Waals surface area contributed by atoms with Gasteiger partial charge in [-0.05, 0) is 36.1 Å². The van der Waals surface area contributed by atoms with E-state index in [0.29, 0.717) is 24.3 Å². The second kappa shape index (κ2) is 8.91. The van der Waals surface area contributed by atoms with Crippen LogP contribution in [0.5, 0.6) is 0 Å². The molecule has 0 bridgehead atoms. The predicted molar refractivity (Wildman–Crippen MR) is 122 cm³/mol. The highest BCUT2D eigenvalue weighted by molar-refractivity contribution is 5.59. The molecule has 7 heteroatoms. The number of aromatic nitrogens is 3. The van der Waals surface area contributed by atoms with Gasteiger partial charge < -0.3 is 24.8 Å². The van der Waals surface area contributed by atoms with Gasteiger partial charge >= 0.3 is 0 Å². The Labute approximate surface area is 188 Å². The van der Waals surface area contributed by atoms with Crippen molar-refractivity contribution in [3.05, 3.63) is 59.8 Å². The summed E-state index contributed by atoms with van der Waals surface area (Å²) in [5, 5.41) is 13.4. The number of β-amino-alcohol motifs (C(OH)–C–C–N with tert-alkyl or cyclic N) is 1. The number of rotatable bonds is 7. The fourth-order valence-corrected chi connectivity index (χ4v) is 4.90. The average molecular weight is 432 g/mol. The van der Waals surface area contributed by atoms with Gasteiger partial charge in [0.2, 0.25) is 0 Å². The zero-order valence-corrected chi connectivity index (χ0v) is 18.3. The van der Waals surface area contributed by atoms with Gasteiger partial charge in [-0.25, -0.2) is 4.98 Å². The summed E-state index contributed by atoms with van der Waals surface area (Å²) >= 11 is 0. The van der Waals surface area contributed by atoms with Crippen LogP contribution in [-0.4, -0.2) is 57.5 Å². The number of benzene rings is 1. The average Bonchev–Trinajstić information content (AvgIpc) is 3.31. The number of hydrogen-bond acceptors (Lipinski definition) is 6. The van der Waals surface area contributed by atoms with E-state index in [9.17, 15) is 0 Å². The van der Waals surface area contributed by atoms with Crippen LogP contribution in [0.15, 0.2) is 47.2 Å². The molecule has 2 aromatic heterocycles. The Bertz CT molecular complexity index is 1110. The molecule has 3 heterocycles. The van der Waals surface area contributed by atoms with Crippen LogP contribution in [0.4, 0.5) is 0 Å². The lowest BCUT2D eigenvalue weighted by atomic mass is 10.1. The van der Waals surface area contributed by atoms with Crippen LogP contribution in [0.2, 0.25) is 0 Å². The second-order valence-corrected chi connectivity index (χ2v) is 8.66. The van der Waals surface area contributed by atoms with E-state index in [1.54, 1.807) is 6.20 Å². The molecule has 5 rings (SSSR count). The van der Waals surface area contributed by atoms with Crippen LogP contribution in [0.3, 0.4) is 0 Å². The summed E-state index contributed by atoms with van der Waals surface area (Å²) in [6.07, 6.45) is 4.57. The summed E-state index contributed by atoms with van der Waals surface area (Å²) in [4.78, 5) is 6.72. The molecule has 3 N–H and O–H groups in total. The summed E-state index contributed by atoms with van der Waals surface area (Å²) in [6, 6.07) is 9.98. The molecule has 7 nitrogen and oxygen atoms in total. The van der Waals surface area contributed by atoms with Gasteiger partial charge in [0, 0.05) is 68.1 Å². The first kappa shape index (κ1) is 21.0. The lowest BCUT2D eigenvalue weighted by molar-refractivity contribution is 0.206. The minimum absolute atomic E-state index is 0.0959. The number of piperidine rings is 1. The molecule has 1 aromatic carbocycles. The Balaban J connectivity index is 1.25. The van der Waals surface area contributed by atoms with Crippen LogP contribution in [-0.2, 0) is 6.42 Å². The molecular weight excluding hydrogens is 402 g/mol. The number of hydrogen-bond donors (Lipinski definition) is 2. The predicted octanol–water partition coefficient (Wildman–Crippen LogP) is 2.17. The molecule has 2 fully saturated rings. The molecular formula is C25H29N5O2. The number of fused-ring (bicyclic) bond motifs is 1. The molecule has 0 unspecified atom stereocenters. The van der Waals surface area contributed by atoms with Crippen molar-refractivity contribution < 1.29 is 9.63 Å². The van der Waals surface area contributed by atoms with E-state index in [2.05, 4.69) is 38.4 Å². The molecule has 32 heavy (non-hydrogen) atoms. The van der Waals surface area contributed by atoms with Crippen molar-refractivity contribution in [1.82, 2.24) is 19.6 Å². The van der Waals surface area contributed by atoms with Gasteiger partial charge in [-0.3, -0.25) is 0 Å². The van der Waals surface area contributed by atoms with Gasteiger partial charge in [0.15, 0.2) is 5.76 Å². The zero-order chi connectivity index (χ0) is 22.1. The van der Waals surface area contributed by atoms with Crippen LogP contribution in [0, 0.1) is 29.6 Å². The van der Waals surface area contributed by atoms with E-state index in [-0.39, 0.29) is 12.6 Å². The molecule has 3 aromatic rings. The van der Waals surface area contributed by atoms with E-state index in [1.807, 2.05) is 36.5 Å². The van der Waals surface area contributed by atoms with Crippen molar-refractivity contribution in [2.24, 2.45) is 23.5 Å². The maximum absolute atomic E-state index is 9.07. The van der Waals surface area contributed by atoms with Crippen LogP contribution in [0.25, 0.3) is 11.3 Å². The van der Waals surface area contributed by atoms with Gasteiger partial charge in [0.05, 0.1) is 12.6 Å². The van der Waals surface area contributed by atoms with Gasteiger partial charge in [-0.1, -0.05) is 23.9 Å². The molecule has 2 aliphatic rings. The van der Waals surface area contributed by atoms with Gasteiger partial charge in [0.25, 0.3) is 0 Å². The van der Waals surface area contributed by atoms with Crippen molar-refractivity contribution in [1.29, 1.82) is 0 Å². The van der Waals surface area contributed by atoms with Crippen molar-refractivity contribution in [3.63, 3.8) is 0 Å². The van der Waals surface area contributed by atoms with Crippen molar-refractivity contribution in [2.75, 3.05) is 32.8 Å². The molecule has 1 aliphatic heterocycles. The van der Waals surface area contributed by atoms with Crippen molar-refractivity contribution in [2.45, 2.75) is 19.4 Å². The molecule has 4 atom stereocenters. The largest absolute Gasteiger partial charge is 0.395 e. The van der Waals surface area contributed by atoms with E-state index in [4.69, 9.17) is 15.4 Å². The lowest BCUT2D eigenvalue weighted by Crippen LogP contribution is -2.27. The molecule has 0 amide bonds. The summed E-state index contributed by atoms with van der Waals surface area (Å²) in [5.41, 5.74) is 8.83. The fraction of sp³-hybridized carbons (Fsp3) is 0.440. The first-order chi connectivity index (χ1) is 15.7. The molecule has 1 saturated heterocycles.